The lowest BCUT2D eigenvalue weighted by molar-refractivity contribution is 0.332. The Morgan fingerprint density at radius 2 is 1.15 bits per heavy atom. The molecule has 1 aromatic heterocycles. The fraction of sp³-hybridized carbons (Fsp3) is 0.377. The van der Waals surface area contributed by atoms with Crippen molar-refractivity contribution < 1.29 is 4.42 Å². The standard InChI is InChI=1S/C61H67BN2O/c1-36-29-51-54-52(30-36)64(50-31-39(20-19-38(50)3)42-18-16-15-17-37(42)2)49-24-21-40(57(4,5)6)32-48(49)62(54)56-55(43-34-46-47(35-53(43)65-56)61(13,14)28-27-60(46,11)12)63(51)41-22-23-44-45(33-41)59(9,10)26-25-58(44,7)8/h15-24,29-35H,25-28H2,1-14H3. The molecule has 0 N–H and O–H groups in total. The lowest BCUT2D eigenvalue weighted by Gasteiger charge is -2.45. The summed E-state index contributed by atoms with van der Waals surface area (Å²) in [5.41, 5.74) is 25.6. The molecule has 0 saturated carbocycles. The smallest absolute Gasteiger partial charge is 0.297 e. The van der Waals surface area contributed by atoms with Gasteiger partial charge < -0.3 is 14.2 Å². The number of benzene rings is 6. The fourth-order valence-corrected chi connectivity index (χ4v) is 12.3. The summed E-state index contributed by atoms with van der Waals surface area (Å²) in [6.07, 6.45) is 4.67. The van der Waals surface area contributed by atoms with E-state index in [4.69, 9.17) is 4.42 Å². The Hall–Kier alpha value is -5.48. The monoisotopic (exact) mass is 855 g/mol. The highest BCUT2D eigenvalue weighted by molar-refractivity contribution is 7.00. The third-order valence-electron chi connectivity index (χ3n) is 16.6. The van der Waals surface area contributed by atoms with Crippen LogP contribution >= 0.6 is 0 Å². The quantitative estimate of drug-likeness (QED) is 0.165. The molecule has 0 unspecified atom stereocenters. The molecule has 0 radical (unpaired) electrons. The van der Waals surface area contributed by atoms with E-state index in [1.165, 1.54) is 112 Å². The van der Waals surface area contributed by atoms with Gasteiger partial charge in [0.1, 0.15) is 5.58 Å². The van der Waals surface area contributed by atoms with Gasteiger partial charge in [-0.05, 0) is 189 Å². The number of hydrogen-bond donors (Lipinski definition) is 0. The number of hydrogen-bond acceptors (Lipinski definition) is 3. The minimum absolute atomic E-state index is 0.0474. The van der Waals surface area contributed by atoms with Crippen LogP contribution in [0.3, 0.4) is 0 Å². The van der Waals surface area contributed by atoms with Crippen molar-refractivity contribution >= 4 is 68.4 Å². The van der Waals surface area contributed by atoms with Gasteiger partial charge in [-0.25, -0.2) is 0 Å². The van der Waals surface area contributed by atoms with E-state index in [0.717, 1.165) is 30.5 Å². The summed E-state index contributed by atoms with van der Waals surface area (Å²) < 4.78 is 7.61. The maximum Gasteiger partial charge on any atom is 0.297 e. The number of anilines is 6. The second kappa shape index (κ2) is 13.8. The van der Waals surface area contributed by atoms with Gasteiger partial charge in [-0.3, -0.25) is 0 Å². The number of aryl methyl sites for hydroxylation is 3. The Balaban J connectivity index is 1.26. The van der Waals surface area contributed by atoms with Gasteiger partial charge >= 0.3 is 0 Å². The van der Waals surface area contributed by atoms with Gasteiger partial charge in [0.15, 0.2) is 0 Å². The van der Waals surface area contributed by atoms with E-state index < -0.39 is 0 Å². The van der Waals surface area contributed by atoms with E-state index >= 15 is 0 Å². The Labute approximate surface area is 389 Å². The molecule has 11 rings (SSSR count). The van der Waals surface area contributed by atoms with Gasteiger partial charge in [0.05, 0.1) is 11.3 Å². The molecule has 4 aliphatic rings. The molecule has 2 aliphatic carbocycles. The summed E-state index contributed by atoms with van der Waals surface area (Å²) in [5.74, 6) is 0. The van der Waals surface area contributed by atoms with E-state index in [1.807, 2.05) is 0 Å². The minimum atomic E-state index is -0.112. The van der Waals surface area contributed by atoms with Crippen molar-refractivity contribution in [1.82, 2.24) is 0 Å². The second-order valence-electron chi connectivity index (χ2n) is 24.1. The molecule has 330 valence electrons. The largest absolute Gasteiger partial charge is 0.468 e. The van der Waals surface area contributed by atoms with Crippen LogP contribution in [0.2, 0.25) is 0 Å². The topological polar surface area (TPSA) is 19.6 Å². The van der Waals surface area contributed by atoms with Crippen LogP contribution in [0.15, 0.2) is 108 Å². The van der Waals surface area contributed by atoms with Crippen molar-refractivity contribution in [2.75, 3.05) is 9.80 Å². The highest BCUT2D eigenvalue weighted by Gasteiger charge is 2.49. The summed E-state index contributed by atoms with van der Waals surface area (Å²) in [7, 11) is 0. The molecule has 2 aliphatic heterocycles. The molecule has 7 aromatic rings. The predicted octanol–water partition coefficient (Wildman–Crippen LogP) is 15.1. The zero-order chi connectivity index (χ0) is 45.9. The summed E-state index contributed by atoms with van der Waals surface area (Å²) in [6.45, 7) is 33.2. The molecule has 3 nitrogen and oxygen atoms in total. The van der Waals surface area contributed by atoms with Crippen LogP contribution in [0, 0.1) is 20.8 Å². The van der Waals surface area contributed by atoms with E-state index in [1.54, 1.807) is 0 Å². The summed E-state index contributed by atoms with van der Waals surface area (Å²) in [4.78, 5) is 5.22. The molecule has 0 bridgehead atoms. The maximum atomic E-state index is 7.61. The SMILES string of the molecule is Cc1cc2c3c(c1)N(c1ccc4c(c1)C(C)(C)CCC4(C)C)c1c(oc4cc5c(cc14)C(C)(C)CCC5(C)C)B3c1cc(C(C)(C)C)ccc1N2c1cc(-c2ccccc2C)ccc1C. The van der Waals surface area contributed by atoms with Crippen LogP contribution in [0.5, 0.6) is 0 Å². The molecule has 0 spiro atoms. The highest BCUT2D eigenvalue weighted by Crippen LogP contribution is 2.54. The average molecular weight is 855 g/mol. The number of rotatable bonds is 3. The minimum Gasteiger partial charge on any atom is -0.468 e. The summed E-state index contributed by atoms with van der Waals surface area (Å²) in [6, 6.07) is 40.5. The van der Waals surface area contributed by atoms with Gasteiger partial charge in [0, 0.05) is 33.8 Å². The van der Waals surface area contributed by atoms with E-state index in [2.05, 4.69) is 210 Å². The molecule has 6 aromatic carbocycles. The molecular formula is C61H67BN2O. The normalized spacial score (nSPS) is 18.5. The molecule has 0 atom stereocenters. The van der Waals surface area contributed by atoms with Crippen LogP contribution in [0.1, 0.15) is 146 Å². The highest BCUT2D eigenvalue weighted by atomic mass is 16.3. The van der Waals surface area contributed by atoms with Crippen LogP contribution in [0.4, 0.5) is 34.1 Å². The zero-order valence-electron chi connectivity index (χ0n) is 41.5. The predicted molar refractivity (Wildman–Crippen MR) is 279 cm³/mol. The van der Waals surface area contributed by atoms with Gasteiger partial charge in [-0.15, -0.1) is 0 Å². The lowest BCUT2D eigenvalue weighted by Crippen LogP contribution is -2.61. The molecule has 65 heavy (non-hydrogen) atoms. The van der Waals surface area contributed by atoms with Crippen molar-refractivity contribution in [3.8, 4) is 11.1 Å². The van der Waals surface area contributed by atoms with Crippen molar-refractivity contribution in [2.24, 2.45) is 0 Å². The first kappa shape index (κ1) is 42.2. The van der Waals surface area contributed by atoms with Gasteiger partial charge in [-0.2, -0.15) is 0 Å². The van der Waals surface area contributed by atoms with Crippen molar-refractivity contribution in [1.29, 1.82) is 0 Å². The summed E-state index contributed by atoms with van der Waals surface area (Å²) >= 11 is 0. The number of furan rings is 1. The van der Waals surface area contributed by atoms with Crippen molar-refractivity contribution in [2.45, 2.75) is 150 Å². The van der Waals surface area contributed by atoms with Crippen LogP contribution < -0.4 is 26.4 Å². The Bertz CT molecular complexity index is 3150. The van der Waals surface area contributed by atoms with Gasteiger partial charge in [-0.1, -0.05) is 131 Å². The Morgan fingerprint density at radius 1 is 0.538 bits per heavy atom. The Kier molecular flexibility index (Phi) is 8.95. The first-order valence-corrected chi connectivity index (χ1v) is 24.4. The molecular weight excluding hydrogens is 787 g/mol. The molecule has 0 saturated heterocycles. The lowest BCUT2D eigenvalue weighted by atomic mass is 9.35. The Morgan fingerprint density at radius 3 is 1.82 bits per heavy atom. The van der Waals surface area contributed by atoms with Crippen molar-refractivity contribution in [3.05, 3.63) is 148 Å². The average Bonchev–Trinajstić information content (AvgIpc) is 3.62. The number of fused-ring (bicyclic) bond motifs is 8. The fourth-order valence-electron chi connectivity index (χ4n) is 12.3. The number of nitrogens with zero attached hydrogens (tertiary/aromatic N) is 2. The van der Waals surface area contributed by atoms with Gasteiger partial charge in [0.2, 0.25) is 0 Å². The second-order valence-corrected chi connectivity index (χ2v) is 24.1. The van der Waals surface area contributed by atoms with Crippen molar-refractivity contribution in [3.63, 3.8) is 0 Å². The van der Waals surface area contributed by atoms with Crippen LogP contribution in [-0.4, -0.2) is 6.71 Å². The molecule has 0 fully saturated rings. The first-order chi connectivity index (χ1) is 30.6. The van der Waals surface area contributed by atoms with E-state index in [9.17, 15) is 0 Å². The van der Waals surface area contributed by atoms with Crippen LogP contribution in [-0.2, 0) is 27.1 Å². The summed E-state index contributed by atoms with van der Waals surface area (Å²) in [5, 5.41) is 1.22. The third kappa shape index (κ3) is 6.28. The van der Waals surface area contributed by atoms with E-state index in [-0.39, 0.29) is 33.8 Å². The molecule has 3 heterocycles. The van der Waals surface area contributed by atoms with Crippen LogP contribution in [0.25, 0.3) is 22.1 Å². The van der Waals surface area contributed by atoms with Gasteiger partial charge in [0.25, 0.3) is 6.71 Å². The molecule has 0 amide bonds. The van der Waals surface area contributed by atoms with E-state index in [0.29, 0.717) is 0 Å². The molecule has 4 heteroatoms. The zero-order valence-corrected chi connectivity index (χ0v) is 41.5. The third-order valence-corrected chi connectivity index (χ3v) is 16.6. The first-order valence-electron chi connectivity index (χ1n) is 24.4. The maximum absolute atomic E-state index is 7.61.